The molecule has 27 heavy (non-hydrogen) atoms. The Labute approximate surface area is 157 Å². The van der Waals surface area contributed by atoms with Crippen molar-refractivity contribution in [1.82, 2.24) is 9.88 Å². The van der Waals surface area contributed by atoms with Crippen molar-refractivity contribution in [3.8, 4) is 5.88 Å². The Hall–Kier alpha value is -2.68. The first-order valence-corrected chi connectivity index (χ1v) is 10.0. The van der Waals surface area contributed by atoms with E-state index in [1.165, 1.54) is 24.4 Å². The number of aromatic nitrogens is 1. The molecule has 144 valence electrons. The summed E-state index contributed by atoms with van der Waals surface area (Å²) in [5.41, 5.74) is 0.478. The number of sulfonamides is 1. The predicted octanol–water partition coefficient (Wildman–Crippen LogP) is 2.29. The molecule has 1 aromatic heterocycles. The molecule has 0 saturated heterocycles. The number of carbonyl (C=O) groups is 1. The van der Waals surface area contributed by atoms with Gasteiger partial charge in [0.25, 0.3) is 15.9 Å². The Morgan fingerprint density at radius 3 is 2.56 bits per heavy atom. The molecule has 0 spiro atoms. The van der Waals surface area contributed by atoms with E-state index >= 15 is 0 Å². The van der Waals surface area contributed by atoms with Crippen molar-refractivity contribution >= 4 is 21.6 Å². The maximum absolute atomic E-state index is 13.2. The fourth-order valence-corrected chi connectivity index (χ4v) is 4.31. The molecule has 1 aromatic carbocycles. The van der Waals surface area contributed by atoms with Crippen molar-refractivity contribution in [3.63, 3.8) is 0 Å². The average Bonchev–Trinajstić information content (AvgIpc) is 2.68. The number of benzene rings is 1. The van der Waals surface area contributed by atoms with Crippen LogP contribution < -0.4 is 9.04 Å². The summed E-state index contributed by atoms with van der Waals surface area (Å²) in [6.07, 6.45) is 1.38. The lowest BCUT2D eigenvalue weighted by atomic mass is 10.2. The smallest absolute Gasteiger partial charge is 0.264 e. The summed E-state index contributed by atoms with van der Waals surface area (Å²) in [6, 6.07) is 6.07. The first-order chi connectivity index (χ1) is 12.9. The number of halogens is 1. The number of anilines is 1. The van der Waals surface area contributed by atoms with Gasteiger partial charge in [-0.1, -0.05) is 0 Å². The summed E-state index contributed by atoms with van der Waals surface area (Å²) < 4.78 is 45.8. The van der Waals surface area contributed by atoms with Gasteiger partial charge in [0.1, 0.15) is 18.1 Å². The molecule has 2 aromatic rings. The molecule has 0 fully saturated rings. The van der Waals surface area contributed by atoms with Crippen molar-refractivity contribution in [2.75, 3.05) is 30.5 Å². The van der Waals surface area contributed by atoms with Crippen LogP contribution in [0.5, 0.6) is 5.88 Å². The van der Waals surface area contributed by atoms with Gasteiger partial charge in [-0.2, -0.15) is 0 Å². The van der Waals surface area contributed by atoms with E-state index in [1.54, 1.807) is 4.90 Å². The molecule has 0 unspecified atom stereocenters. The van der Waals surface area contributed by atoms with Crippen LogP contribution in [-0.4, -0.2) is 50.5 Å². The van der Waals surface area contributed by atoms with Gasteiger partial charge in [0.15, 0.2) is 0 Å². The van der Waals surface area contributed by atoms with Gasteiger partial charge in [-0.25, -0.2) is 17.8 Å². The van der Waals surface area contributed by atoms with Crippen molar-refractivity contribution in [2.45, 2.75) is 18.7 Å². The van der Waals surface area contributed by atoms with Crippen LogP contribution in [0, 0.1) is 5.82 Å². The van der Waals surface area contributed by atoms with Crippen LogP contribution in [0.3, 0.4) is 0 Å². The number of nitrogens with zero attached hydrogens (tertiary/aromatic N) is 3. The van der Waals surface area contributed by atoms with E-state index in [0.29, 0.717) is 13.1 Å². The predicted molar refractivity (Wildman–Crippen MR) is 97.9 cm³/mol. The zero-order valence-corrected chi connectivity index (χ0v) is 15.9. The standard InChI is InChI=1S/C18H20FN3O4S/c1-3-21(4-2)18(23)13-11-16-17(20-12-13)26-10-9-22(16)27(24,25)15-7-5-14(19)6-8-15/h5-8,11-12H,3-4,9-10H2,1-2H3. The molecule has 0 saturated carbocycles. The highest BCUT2D eigenvalue weighted by molar-refractivity contribution is 7.92. The molecule has 3 rings (SSSR count). The van der Waals surface area contributed by atoms with Gasteiger partial charge in [0, 0.05) is 19.3 Å². The third-order valence-electron chi connectivity index (χ3n) is 4.33. The van der Waals surface area contributed by atoms with Crippen molar-refractivity contribution in [1.29, 1.82) is 0 Å². The van der Waals surface area contributed by atoms with Gasteiger partial charge in [0.2, 0.25) is 5.88 Å². The van der Waals surface area contributed by atoms with E-state index in [0.717, 1.165) is 16.4 Å². The highest BCUT2D eigenvalue weighted by atomic mass is 32.2. The van der Waals surface area contributed by atoms with Crippen LogP contribution in [0.4, 0.5) is 10.1 Å². The van der Waals surface area contributed by atoms with Crippen LogP contribution >= 0.6 is 0 Å². The zero-order chi connectivity index (χ0) is 19.6. The normalized spacial score (nSPS) is 13.7. The molecule has 0 radical (unpaired) electrons. The number of hydrogen-bond donors (Lipinski definition) is 0. The second-order valence-electron chi connectivity index (χ2n) is 5.91. The molecule has 0 atom stereocenters. The minimum absolute atomic E-state index is 0.0442. The molecule has 2 heterocycles. The molecular formula is C18H20FN3O4S. The van der Waals surface area contributed by atoms with Gasteiger partial charge in [-0.15, -0.1) is 0 Å². The fraction of sp³-hybridized carbons (Fsp3) is 0.333. The molecule has 0 aliphatic carbocycles. The van der Waals surface area contributed by atoms with Crippen molar-refractivity contribution < 1.29 is 22.3 Å². The summed E-state index contributed by atoms with van der Waals surface area (Å²) in [5.74, 6) is -0.617. The minimum Gasteiger partial charge on any atom is -0.474 e. The largest absolute Gasteiger partial charge is 0.474 e. The Morgan fingerprint density at radius 1 is 1.26 bits per heavy atom. The Balaban J connectivity index is 2.03. The summed E-state index contributed by atoms with van der Waals surface area (Å²) >= 11 is 0. The number of rotatable bonds is 5. The van der Waals surface area contributed by atoms with Gasteiger partial charge >= 0.3 is 0 Å². The van der Waals surface area contributed by atoms with Gasteiger partial charge in [0.05, 0.1) is 17.0 Å². The van der Waals surface area contributed by atoms with Gasteiger partial charge < -0.3 is 9.64 Å². The molecule has 1 aliphatic rings. The third-order valence-corrected chi connectivity index (χ3v) is 6.16. The summed E-state index contributed by atoms with van der Waals surface area (Å²) in [7, 11) is -3.94. The summed E-state index contributed by atoms with van der Waals surface area (Å²) in [6.45, 7) is 4.98. The maximum Gasteiger partial charge on any atom is 0.264 e. The topological polar surface area (TPSA) is 79.8 Å². The number of carbonyl (C=O) groups excluding carboxylic acids is 1. The van der Waals surface area contributed by atoms with Crippen molar-refractivity contribution in [2.24, 2.45) is 0 Å². The van der Waals surface area contributed by atoms with E-state index in [-0.39, 0.29) is 41.1 Å². The van der Waals surface area contributed by atoms with Gasteiger partial charge in [-0.3, -0.25) is 9.10 Å². The molecule has 0 bridgehead atoms. The number of amides is 1. The summed E-state index contributed by atoms with van der Waals surface area (Å²) in [5, 5.41) is 0. The van der Waals surface area contributed by atoms with Crippen LogP contribution in [0.2, 0.25) is 0 Å². The Morgan fingerprint density at radius 2 is 1.93 bits per heavy atom. The number of hydrogen-bond acceptors (Lipinski definition) is 5. The van der Waals surface area contributed by atoms with Crippen LogP contribution in [0.1, 0.15) is 24.2 Å². The number of fused-ring (bicyclic) bond motifs is 1. The zero-order valence-electron chi connectivity index (χ0n) is 15.1. The Bertz CT molecular complexity index is 944. The van der Waals surface area contributed by atoms with Crippen LogP contribution in [0.25, 0.3) is 0 Å². The van der Waals surface area contributed by atoms with E-state index < -0.39 is 15.8 Å². The molecular weight excluding hydrogens is 373 g/mol. The summed E-state index contributed by atoms with van der Waals surface area (Å²) in [4.78, 5) is 18.3. The highest BCUT2D eigenvalue weighted by Crippen LogP contribution is 2.34. The number of pyridine rings is 1. The Kier molecular flexibility index (Phi) is 5.31. The quantitative estimate of drug-likeness (QED) is 0.779. The van der Waals surface area contributed by atoms with Crippen LogP contribution in [0.15, 0.2) is 41.4 Å². The second kappa shape index (κ2) is 7.51. The van der Waals surface area contributed by atoms with Crippen molar-refractivity contribution in [3.05, 3.63) is 47.9 Å². The lowest BCUT2D eigenvalue weighted by molar-refractivity contribution is 0.0772. The van der Waals surface area contributed by atoms with Gasteiger partial charge in [-0.05, 0) is 44.2 Å². The molecule has 9 heteroatoms. The maximum atomic E-state index is 13.2. The first kappa shape index (κ1) is 19.1. The number of ether oxygens (including phenoxy) is 1. The SMILES string of the molecule is CCN(CC)C(=O)c1cnc2c(c1)N(S(=O)(=O)c1ccc(F)cc1)CCO2. The molecule has 1 aliphatic heterocycles. The van der Waals surface area contributed by atoms with E-state index in [9.17, 15) is 17.6 Å². The molecule has 1 amide bonds. The van der Waals surface area contributed by atoms with E-state index in [4.69, 9.17) is 4.74 Å². The lowest BCUT2D eigenvalue weighted by Gasteiger charge is -2.30. The highest BCUT2D eigenvalue weighted by Gasteiger charge is 2.32. The molecule has 0 N–H and O–H groups in total. The van der Waals surface area contributed by atoms with E-state index in [2.05, 4.69) is 4.98 Å². The minimum atomic E-state index is -3.94. The monoisotopic (exact) mass is 393 g/mol. The average molecular weight is 393 g/mol. The third kappa shape index (κ3) is 3.59. The van der Waals surface area contributed by atoms with Crippen LogP contribution in [-0.2, 0) is 10.0 Å². The second-order valence-corrected chi connectivity index (χ2v) is 7.77. The first-order valence-electron chi connectivity index (χ1n) is 8.59. The molecule has 7 nitrogen and oxygen atoms in total. The van der Waals surface area contributed by atoms with E-state index in [1.807, 2.05) is 13.8 Å². The lowest BCUT2D eigenvalue weighted by Crippen LogP contribution is -2.38. The fourth-order valence-electron chi connectivity index (χ4n) is 2.87.